The molecule has 1 aliphatic heterocycles. The number of piperazine rings is 1. The lowest BCUT2D eigenvalue weighted by Crippen LogP contribution is -2.52. The molecule has 11 heteroatoms. The fourth-order valence-corrected chi connectivity index (χ4v) is 2.74. The van der Waals surface area contributed by atoms with Gasteiger partial charge in [0.1, 0.15) is 5.82 Å². The van der Waals surface area contributed by atoms with E-state index >= 15 is 0 Å². The van der Waals surface area contributed by atoms with E-state index in [1.54, 1.807) is 34.1 Å². The minimum absolute atomic E-state index is 0.00721. The Morgan fingerprint density at radius 3 is 2.03 bits per heavy atom. The minimum atomic E-state index is -1.82. The van der Waals surface area contributed by atoms with Crippen molar-refractivity contribution in [2.24, 2.45) is 0 Å². The Hall–Kier alpha value is -3.73. The zero-order valence-electron chi connectivity index (χ0n) is 16.5. The highest BCUT2D eigenvalue weighted by Crippen LogP contribution is 2.09. The number of rotatable bonds is 5. The van der Waals surface area contributed by atoms with Gasteiger partial charge in [-0.2, -0.15) is 0 Å². The molecule has 1 aromatic carbocycles. The molecule has 0 radical (unpaired) electrons. The minimum Gasteiger partial charge on any atom is -0.473 e. The fraction of sp³-hybridized carbons (Fsp3) is 0.300. The van der Waals surface area contributed by atoms with Crippen molar-refractivity contribution in [1.29, 1.82) is 0 Å². The smallest absolute Gasteiger partial charge is 0.414 e. The molecule has 2 amide bonds. The molecule has 3 rings (SSSR count). The number of amides is 2. The number of carbonyl (C=O) groups excluding carboxylic acids is 2. The van der Waals surface area contributed by atoms with Crippen molar-refractivity contribution in [3.8, 4) is 0 Å². The predicted octanol–water partition coefficient (Wildman–Crippen LogP) is 0.648. The Bertz CT molecular complexity index is 880. The molecule has 1 aliphatic rings. The lowest BCUT2D eigenvalue weighted by molar-refractivity contribution is -0.159. The van der Waals surface area contributed by atoms with E-state index in [2.05, 4.69) is 5.32 Å². The van der Waals surface area contributed by atoms with E-state index in [0.29, 0.717) is 38.5 Å². The van der Waals surface area contributed by atoms with Crippen LogP contribution in [0.4, 0.5) is 4.39 Å². The van der Waals surface area contributed by atoms with Crippen LogP contribution in [0.15, 0.2) is 47.1 Å². The number of benzene rings is 1. The largest absolute Gasteiger partial charge is 0.473 e. The number of carboxylic acid groups (broad SMARTS) is 2. The number of hydrogen-bond acceptors (Lipinski definition) is 6. The van der Waals surface area contributed by atoms with Crippen LogP contribution >= 0.6 is 0 Å². The third kappa shape index (κ3) is 7.55. The summed E-state index contributed by atoms with van der Waals surface area (Å²) in [6, 6.07) is 9.48. The number of furan rings is 1. The van der Waals surface area contributed by atoms with E-state index < -0.39 is 11.9 Å². The second-order valence-electron chi connectivity index (χ2n) is 6.49. The Kier molecular flexibility index (Phi) is 8.70. The first-order valence-electron chi connectivity index (χ1n) is 9.30. The number of carboxylic acids is 2. The van der Waals surface area contributed by atoms with E-state index in [9.17, 15) is 14.0 Å². The van der Waals surface area contributed by atoms with Gasteiger partial charge in [-0.15, -0.1) is 0 Å². The first-order valence-corrected chi connectivity index (χ1v) is 9.30. The molecule has 0 atom stereocenters. The molecule has 1 fully saturated rings. The fourth-order valence-electron chi connectivity index (χ4n) is 2.74. The molecule has 1 saturated heterocycles. The van der Waals surface area contributed by atoms with Crippen molar-refractivity contribution in [2.45, 2.75) is 6.54 Å². The molecular weight excluding hydrogens is 413 g/mol. The Balaban J connectivity index is 0.000000501. The van der Waals surface area contributed by atoms with Crippen molar-refractivity contribution in [3.05, 3.63) is 59.8 Å². The highest BCUT2D eigenvalue weighted by molar-refractivity contribution is 6.27. The average Bonchev–Trinajstić information content (AvgIpc) is 3.30. The molecule has 166 valence electrons. The molecule has 0 unspecified atom stereocenters. The van der Waals surface area contributed by atoms with Crippen molar-refractivity contribution in [1.82, 2.24) is 15.1 Å². The topological polar surface area (TPSA) is 140 Å². The summed E-state index contributed by atoms with van der Waals surface area (Å²) in [6.07, 6.45) is 1.47. The number of nitrogens with zero attached hydrogens (tertiary/aromatic N) is 2. The SMILES string of the molecule is O=C(CNCc1ccc(F)cc1)N1CCN(C(=O)c2ccco2)CC1.O=C(O)C(=O)O. The number of hydrogen-bond donors (Lipinski definition) is 3. The van der Waals surface area contributed by atoms with Gasteiger partial charge in [0, 0.05) is 32.7 Å². The Morgan fingerprint density at radius 1 is 0.935 bits per heavy atom. The van der Waals surface area contributed by atoms with Crippen LogP contribution in [-0.2, 0) is 20.9 Å². The van der Waals surface area contributed by atoms with E-state index in [4.69, 9.17) is 24.2 Å². The maximum Gasteiger partial charge on any atom is 0.414 e. The molecule has 10 nitrogen and oxygen atoms in total. The molecule has 0 saturated carbocycles. The second-order valence-corrected chi connectivity index (χ2v) is 6.49. The number of nitrogens with one attached hydrogen (secondary N) is 1. The normalized spacial score (nSPS) is 13.2. The van der Waals surface area contributed by atoms with Crippen LogP contribution < -0.4 is 5.32 Å². The number of aliphatic carboxylic acids is 2. The van der Waals surface area contributed by atoms with Crippen LogP contribution in [0.5, 0.6) is 0 Å². The highest BCUT2D eigenvalue weighted by atomic mass is 19.1. The van der Waals surface area contributed by atoms with Crippen LogP contribution in [0.3, 0.4) is 0 Å². The molecular formula is C20H22FN3O7. The Morgan fingerprint density at radius 2 is 1.52 bits per heavy atom. The van der Waals surface area contributed by atoms with E-state index in [-0.39, 0.29) is 24.2 Å². The van der Waals surface area contributed by atoms with Gasteiger partial charge in [-0.05, 0) is 29.8 Å². The van der Waals surface area contributed by atoms with Crippen molar-refractivity contribution < 1.29 is 38.2 Å². The number of carbonyl (C=O) groups is 4. The predicted molar refractivity (Wildman–Crippen MR) is 105 cm³/mol. The molecule has 3 N–H and O–H groups in total. The summed E-state index contributed by atoms with van der Waals surface area (Å²) in [5, 5.41) is 17.8. The van der Waals surface area contributed by atoms with Crippen molar-refractivity contribution >= 4 is 23.8 Å². The summed E-state index contributed by atoms with van der Waals surface area (Å²) in [5.41, 5.74) is 0.920. The summed E-state index contributed by atoms with van der Waals surface area (Å²) in [5.74, 6) is -3.76. The lowest BCUT2D eigenvalue weighted by atomic mass is 10.2. The maximum absolute atomic E-state index is 12.8. The van der Waals surface area contributed by atoms with Gasteiger partial charge >= 0.3 is 11.9 Å². The summed E-state index contributed by atoms with van der Waals surface area (Å²) in [7, 11) is 0. The van der Waals surface area contributed by atoms with Gasteiger partial charge in [0.2, 0.25) is 5.91 Å². The van der Waals surface area contributed by atoms with Gasteiger partial charge in [-0.1, -0.05) is 12.1 Å². The van der Waals surface area contributed by atoms with Gasteiger partial charge in [0.25, 0.3) is 5.91 Å². The van der Waals surface area contributed by atoms with Gasteiger partial charge < -0.3 is 29.7 Å². The zero-order valence-corrected chi connectivity index (χ0v) is 16.5. The lowest BCUT2D eigenvalue weighted by Gasteiger charge is -2.34. The van der Waals surface area contributed by atoms with Crippen molar-refractivity contribution in [3.63, 3.8) is 0 Å². The maximum atomic E-state index is 12.8. The summed E-state index contributed by atoms with van der Waals surface area (Å²) < 4.78 is 18.0. The molecule has 0 bridgehead atoms. The third-order valence-electron chi connectivity index (χ3n) is 4.35. The molecule has 31 heavy (non-hydrogen) atoms. The molecule has 0 spiro atoms. The van der Waals surface area contributed by atoms with Gasteiger partial charge in [0.05, 0.1) is 12.8 Å². The second kappa shape index (κ2) is 11.5. The molecule has 2 aromatic rings. The zero-order chi connectivity index (χ0) is 22.8. The first kappa shape index (κ1) is 23.5. The summed E-state index contributed by atoms with van der Waals surface area (Å²) in [4.78, 5) is 46.0. The van der Waals surface area contributed by atoms with Crippen LogP contribution in [0.1, 0.15) is 16.1 Å². The summed E-state index contributed by atoms with van der Waals surface area (Å²) in [6.45, 7) is 2.70. The molecule has 2 heterocycles. The monoisotopic (exact) mass is 435 g/mol. The highest BCUT2D eigenvalue weighted by Gasteiger charge is 2.25. The van der Waals surface area contributed by atoms with Crippen LogP contribution in [-0.4, -0.2) is 76.5 Å². The standard InChI is InChI=1S/C18H20FN3O3.C2H2O4/c19-15-5-3-14(4-6-15)12-20-13-17(23)21-7-9-22(10-8-21)18(24)16-2-1-11-25-16;3-1(4)2(5)6/h1-6,11,20H,7-10,12-13H2;(H,3,4)(H,5,6). The van der Waals surface area contributed by atoms with E-state index in [1.807, 2.05) is 0 Å². The summed E-state index contributed by atoms with van der Waals surface area (Å²) >= 11 is 0. The van der Waals surface area contributed by atoms with Gasteiger partial charge in [0.15, 0.2) is 5.76 Å². The molecule has 0 aliphatic carbocycles. The van der Waals surface area contributed by atoms with E-state index in [0.717, 1.165) is 5.56 Å². The van der Waals surface area contributed by atoms with Crippen LogP contribution in [0, 0.1) is 5.82 Å². The van der Waals surface area contributed by atoms with Crippen LogP contribution in [0.2, 0.25) is 0 Å². The third-order valence-corrected chi connectivity index (χ3v) is 4.35. The van der Waals surface area contributed by atoms with Crippen molar-refractivity contribution in [2.75, 3.05) is 32.7 Å². The quantitative estimate of drug-likeness (QED) is 0.582. The Labute approximate surface area is 176 Å². The average molecular weight is 435 g/mol. The van der Waals surface area contributed by atoms with Gasteiger partial charge in [-0.3, -0.25) is 9.59 Å². The van der Waals surface area contributed by atoms with E-state index in [1.165, 1.54) is 18.4 Å². The number of halogens is 1. The molecule has 1 aromatic heterocycles. The van der Waals surface area contributed by atoms with Gasteiger partial charge in [-0.25, -0.2) is 14.0 Å². The van der Waals surface area contributed by atoms with Crippen LogP contribution in [0.25, 0.3) is 0 Å². The first-order chi connectivity index (χ1) is 14.8.